The summed E-state index contributed by atoms with van der Waals surface area (Å²) in [6.07, 6.45) is 2.92. The summed E-state index contributed by atoms with van der Waals surface area (Å²) in [6.45, 7) is 5.13. The van der Waals surface area contributed by atoms with Gasteiger partial charge in [0, 0.05) is 13.1 Å². The number of rotatable bonds is 3. The number of aromatic carboxylic acids is 1. The van der Waals surface area contributed by atoms with Gasteiger partial charge in [-0.05, 0) is 26.3 Å². The number of nitrogens with one attached hydrogen (secondary N) is 1. The first-order chi connectivity index (χ1) is 9.47. The third-order valence-corrected chi connectivity index (χ3v) is 3.34. The monoisotopic (exact) mass is 278 g/mol. The van der Waals surface area contributed by atoms with Crippen LogP contribution in [0.15, 0.2) is 22.1 Å². The Hall–Kier alpha value is -2.24. The molecule has 0 fully saturated rings. The maximum absolute atomic E-state index is 11.9. The molecule has 0 spiro atoms. The second-order valence-electron chi connectivity index (χ2n) is 4.89. The highest BCUT2D eigenvalue weighted by Crippen LogP contribution is 2.15. The van der Waals surface area contributed by atoms with E-state index in [9.17, 15) is 9.59 Å². The number of furan rings is 1. The van der Waals surface area contributed by atoms with Gasteiger partial charge in [0.25, 0.3) is 0 Å². The molecule has 20 heavy (non-hydrogen) atoms. The second-order valence-corrected chi connectivity index (χ2v) is 4.89. The van der Waals surface area contributed by atoms with Crippen molar-refractivity contribution in [2.75, 3.05) is 13.1 Å². The highest BCUT2D eigenvalue weighted by atomic mass is 16.4. The van der Waals surface area contributed by atoms with Crippen molar-refractivity contribution < 1.29 is 19.1 Å². The number of hydrogen-bond donors (Lipinski definition) is 2. The Morgan fingerprint density at radius 3 is 2.75 bits per heavy atom. The zero-order valence-corrected chi connectivity index (χ0v) is 11.6. The number of carboxylic acid groups (broad SMARTS) is 1. The standard InChI is InChI=1S/C14H18N2O4/c1-9-3-5-16(6-4-9)14(19)15-8-11-7-12(13(17)18)10(2)20-11/h3,7H,4-6,8H2,1-2H3,(H,15,19)(H,17,18). The fourth-order valence-electron chi connectivity index (χ4n) is 2.07. The molecule has 2 amide bonds. The van der Waals surface area contributed by atoms with Crippen LogP contribution in [0.25, 0.3) is 0 Å². The van der Waals surface area contributed by atoms with Gasteiger partial charge in [-0.1, -0.05) is 11.6 Å². The van der Waals surface area contributed by atoms with Crippen LogP contribution in [0.2, 0.25) is 0 Å². The smallest absolute Gasteiger partial charge is 0.339 e. The zero-order chi connectivity index (χ0) is 14.7. The summed E-state index contributed by atoms with van der Waals surface area (Å²) in [5.41, 5.74) is 1.42. The third kappa shape index (κ3) is 3.20. The molecule has 0 radical (unpaired) electrons. The van der Waals surface area contributed by atoms with E-state index in [-0.39, 0.29) is 18.1 Å². The average Bonchev–Trinajstić information content (AvgIpc) is 2.78. The van der Waals surface area contributed by atoms with Crippen molar-refractivity contribution in [2.24, 2.45) is 0 Å². The lowest BCUT2D eigenvalue weighted by molar-refractivity contribution is 0.0695. The number of urea groups is 1. The summed E-state index contributed by atoms with van der Waals surface area (Å²) in [4.78, 5) is 24.5. The Kier molecular flexibility index (Phi) is 4.12. The molecule has 1 aromatic rings. The van der Waals surface area contributed by atoms with E-state index in [1.165, 1.54) is 11.6 Å². The Bertz CT molecular complexity index is 560. The topological polar surface area (TPSA) is 82.8 Å². The van der Waals surface area contributed by atoms with E-state index in [1.807, 2.05) is 13.0 Å². The molecular formula is C14H18N2O4. The minimum atomic E-state index is -1.03. The SMILES string of the molecule is CC1=CCN(C(=O)NCc2cc(C(=O)O)c(C)o2)CC1. The largest absolute Gasteiger partial charge is 0.478 e. The van der Waals surface area contributed by atoms with Crippen LogP contribution < -0.4 is 5.32 Å². The van der Waals surface area contributed by atoms with Gasteiger partial charge >= 0.3 is 12.0 Å². The zero-order valence-electron chi connectivity index (χ0n) is 11.6. The van der Waals surface area contributed by atoms with Gasteiger partial charge in [-0.2, -0.15) is 0 Å². The Morgan fingerprint density at radius 2 is 2.20 bits per heavy atom. The molecule has 0 aromatic carbocycles. The van der Waals surface area contributed by atoms with E-state index in [0.717, 1.165) is 6.42 Å². The first-order valence-corrected chi connectivity index (χ1v) is 6.48. The van der Waals surface area contributed by atoms with Crippen LogP contribution in [-0.4, -0.2) is 35.1 Å². The molecule has 6 heteroatoms. The molecule has 2 heterocycles. The molecule has 0 aliphatic carbocycles. The molecule has 1 aliphatic heterocycles. The number of aryl methyl sites for hydroxylation is 1. The quantitative estimate of drug-likeness (QED) is 0.830. The summed E-state index contributed by atoms with van der Waals surface area (Å²) in [5.74, 6) is -0.240. The van der Waals surface area contributed by atoms with Crippen LogP contribution in [0, 0.1) is 6.92 Å². The fourth-order valence-corrected chi connectivity index (χ4v) is 2.07. The van der Waals surface area contributed by atoms with Crippen molar-refractivity contribution >= 4 is 12.0 Å². The predicted molar refractivity (Wildman–Crippen MR) is 72.6 cm³/mol. The first-order valence-electron chi connectivity index (χ1n) is 6.48. The maximum Gasteiger partial charge on any atom is 0.339 e. The minimum absolute atomic E-state index is 0.130. The van der Waals surface area contributed by atoms with E-state index in [0.29, 0.717) is 24.6 Å². The highest BCUT2D eigenvalue weighted by molar-refractivity contribution is 5.88. The van der Waals surface area contributed by atoms with Crippen LogP contribution in [0.5, 0.6) is 0 Å². The van der Waals surface area contributed by atoms with E-state index in [4.69, 9.17) is 9.52 Å². The van der Waals surface area contributed by atoms with Crippen LogP contribution in [-0.2, 0) is 6.54 Å². The first kappa shape index (κ1) is 14.2. The summed E-state index contributed by atoms with van der Waals surface area (Å²) in [6, 6.07) is 1.28. The molecule has 6 nitrogen and oxygen atoms in total. The number of carbonyl (C=O) groups is 2. The van der Waals surface area contributed by atoms with Crippen molar-refractivity contribution in [3.8, 4) is 0 Å². The van der Waals surface area contributed by atoms with Crippen LogP contribution in [0.3, 0.4) is 0 Å². The van der Waals surface area contributed by atoms with Crippen LogP contribution in [0.4, 0.5) is 4.79 Å². The normalized spacial score (nSPS) is 14.9. The molecule has 0 atom stereocenters. The van der Waals surface area contributed by atoms with Gasteiger partial charge in [0.15, 0.2) is 0 Å². The Labute approximate surface area is 117 Å². The number of carbonyl (C=O) groups excluding carboxylic acids is 1. The predicted octanol–water partition coefficient (Wildman–Crippen LogP) is 2.15. The van der Waals surface area contributed by atoms with E-state index < -0.39 is 5.97 Å². The fraction of sp³-hybridized carbons (Fsp3) is 0.429. The molecule has 2 N–H and O–H groups in total. The number of carboxylic acids is 1. The average molecular weight is 278 g/mol. The summed E-state index contributed by atoms with van der Waals surface area (Å²) in [7, 11) is 0. The summed E-state index contributed by atoms with van der Waals surface area (Å²) >= 11 is 0. The number of amides is 2. The molecule has 0 unspecified atom stereocenters. The van der Waals surface area contributed by atoms with Crippen LogP contribution in [0.1, 0.15) is 35.2 Å². The molecule has 1 aliphatic rings. The van der Waals surface area contributed by atoms with Gasteiger partial charge in [-0.3, -0.25) is 0 Å². The van der Waals surface area contributed by atoms with Crippen molar-refractivity contribution in [1.29, 1.82) is 0 Å². The molecule has 0 bridgehead atoms. The van der Waals surface area contributed by atoms with Gasteiger partial charge in [0.1, 0.15) is 17.1 Å². The molecule has 0 saturated carbocycles. The maximum atomic E-state index is 11.9. The van der Waals surface area contributed by atoms with Crippen molar-refractivity contribution in [1.82, 2.24) is 10.2 Å². The third-order valence-electron chi connectivity index (χ3n) is 3.34. The van der Waals surface area contributed by atoms with Gasteiger partial charge in [0.05, 0.1) is 6.54 Å². The van der Waals surface area contributed by atoms with Crippen molar-refractivity contribution in [2.45, 2.75) is 26.8 Å². The van der Waals surface area contributed by atoms with Crippen molar-refractivity contribution in [3.63, 3.8) is 0 Å². The number of nitrogens with zero attached hydrogens (tertiary/aromatic N) is 1. The van der Waals surface area contributed by atoms with E-state index in [1.54, 1.807) is 11.8 Å². The van der Waals surface area contributed by atoms with Crippen molar-refractivity contribution in [3.05, 3.63) is 34.8 Å². The van der Waals surface area contributed by atoms with E-state index in [2.05, 4.69) is 5.32 Å². The highest BCUT2D eigenvalue weighted by Gasteiger charge is 2.17. The second kappa shape index (κ2) is 5.81. The van der Waals surface area contributed by atoms with Gasteiger partial charge in [-0.25, -0.2) is 9.59 Å². The lowest BCUT2D eigenvalue weighted by atomic mass is 10.1. The van der Waals surface area contributed by atoms with E-state index >= 15 is 0 Å². The molecule has 2 rings (SSSR count). The van der Waals surface area contributed by atoms with Crippen LogP contribution >= 0.6 is 0 Å². The molecule has 0 saturated heterocycles. The summed E-state index contributed by atoms with van der Waals surface area (Å²) < 4.78 is 5.30. The summed E-state index contributed by atoms with van der Waals surface area (Å²) in [5, 5.41) is 11.7. The lowest BCUT2D eigenvalue weighted by Gasteiger charge is -2.25. The van der Waals surface area contributed by atoms with Gasteiger partial charge < -0.3 is 19.7 Å². The molecule has 1 aromatic heterocycles. The Balaban J connectivity index is 1.90. The van der Waals surface area contributed by atoms with Gasteiger partial charge in [-0.15, -0.1) is 0 Å². The molecular weight excluding hydrogens is 260 g/mol. The molecule has 108 valence electrons. The Morgan fingerprint density at radius 1 is 1.45 bits per heavy atom. The minimum Gasteiger partial charge on any atom is -0.478 e. The number of hydrogen-bond acceptors (Lipinski definition) is 3. The lowest BCUT2D eigenvalue weighted by Crippen LogP contribution is -2.41. The van der Waals surface area contributed by atoms with Gasteiger partial charge in [0.2, 0.25) is 0 Å².